The molecule has 2 rings (SSSR count). The first-order valence-electron chi connectivity index (χ1n) is 8.14. The lowest BCUT2D eigenvalue weighted by atomic mass is 10.1. The Hall–Kier alpha value is -1.24. The number of hydrogen-bond donors (Lipinski definition) is 3. The van der Waals surface area contributed by atoms with E-state index in [0.29, 0.717) is 12.0 Å². The number of guanidine groups is 1. The van der Waals surface area contributed by atoms with E-state index in [1.807, 2.05) is 7.05 Å². The van der Waals surface area contributed by atoms with E-state index in [0.717, 1.165) is 25.3 Å². The fourth-order valence-corrected chi connectivity index (χ4v) is 2.40. The molecular weight excluding hydrogens is 399 g/mol. The molecule has 1 aromatic heterocycles. The molecule has 0 amide bonds. The SMILES string of the molecule is CN=C(NCCCc1c[nH]c2ccccc12)NC(C)C(C)C.I. The van der Waals surface area contributed by atoms with Gasteiger partial charge in [-0.3, -0.25) is 4.99 Å². The molecule has 0 radical (unpaired) electrons. The molecule has 1 heterocycles. The van der Waals surface area contributed by atoms with Crippen LogP contribution in [0, 0.1) is 5.92 Å². The fraction of sp³-hybridized carbons (Fsp3) is 0.500. The number of aryl methyl sites for hydroxylation is 1. The second kappa shape index (κ2) is 9.80. The van der Waals surface area contributed by atoms with Crippen LogP contribution in [0.3, 0.4) is 0 Å². The highest BCUT2D eigenvalue weighted by Crippen LogP contribution is 2.18. The molecule has 3 N–H and O–H groups in total. The zero-order valence-corrected chi connectivity index (χ0v) is 16.8. The molecule has 4 nitrogen and oxygen atoms in total. The van der Waals surface area contributed by atoms with E-state index >= 15 is 0 Å². The minimum Gasteiger partial charge on any atom is -0.361 e. The third kappa shape index (κ3) is 5.71. The summed E-state index contributed by atoms with van der Waals surface area (Å²) in [5, 5.41) is 8.15. The van der Waals surface area contributed by atoms with Gasteiger partial charge in [0.1, 0.15) is 0 Å². The Labute approximate surface area is 156 Å². The molecule has 0 fully saturated rings. The van der Waals surface area contributed by atoms with Gasteiger partial charge in [-0.1, -0.05) is 32.0 Å². The minimum atomic E-state index is 0. The number of para-hydroxylation sites is 1. The lowest BCUT2D eigenvalue weighted by molar-refractivity contribution is 0.480. The van der Waals surface area contributed by atoms with Crippen molar-refractivity contribution in [3.05, 3.63) is 36.0 Å². The van der Waals surface area contributed by atoms with Gasteiger partial charge in [0.2, 0.25) is 0 Å². The molecule has 0 aliphatic rings. The molecule has 0 saturated carbocycles. The molecule has 1 atom stereocenters. The van der Waals surface area contributed by atoms with Gasteiger partial charge in [-0.05, 0) is 37.3 Å². The molecule has 23 heavy (non-hydrogen) atoms. The van der Waals surface area contributed by atoms with Gasteiger partial charge >= 0.3 is 0 Å². The van der Waals surface area contributed by atoms with Crippen LogP contribution >= 0.6 is 24.0 Å². The van der Waals surface area contributed by atoms with Crippen LogP contribution in [0.2, 0.25) is 0 Å². The quantitative estimate of drug-likeness (QED) is 0.283. The molecule has 1 unspecified atom stereocenters. The fourth-order valence-electron chi connectivity index (χ4n) is 2.40. The van der Waals surface area contributed by atoms with Crippen LogP contribution < -0.4 is 10.6 Å². The molecule has 0 saturated heterocycles. The number of hydrogen-bond acceptors (Lipinski definition) is 1. The van der Waals surface area contributed by atoms with Gasteiger partial charge in [0.15, 0.2) is 5.96 Å². The maximum atomic E-state index is 4.28. The first-order chi connectivity index (χ1) is 10.6. The van der Waals surface area contributed by atoms with Crippen LogP contribution in [-0.4, -0.2) is 30.6 Å². The lowest BCUT2D eigenvalue weighted by Crippen LogP contribution is -2.44. The van der Waals surface area contributed by atoms with Crippen LogP contribution in [-0.2, 0) is 6.42 Å². The van der Waals surface area contributed by atoms with Gasteiger partial charge in [-0.2, -0.15) is 0 Å². The molecule has 0 bridgehead atoms. The number of aliphatic imine (C=N–C) groups is 1. The Morgan fingerprint density at radius 2 is 1.96 bits per heavy atom. The molecule has 128 valence electrons. The van der Waals surface area contributed by atoms with Crippen molar-refractivity contribution in [1.82, 2.24) is 15.6 Å². The second-order valence-corrected chi connectivity index (χ2v) is 6.14. The summed E-state index contributed by atoms with van der Waals surface area (Å²) >= 11 is 0. The number of rotatable bonds is 6. The standard InChI is InChI=1S/C18H28N4.HI/c1-13(2)14(3)22-18(19-4)20-11-7-8-15-12-21-17-10-6-5-9-16(15)17;/h5-6,9-10,12-14,21H,7-8,11H2,1-4H3,(H2,19,20,22);1H. The summed E-state index contributed by atoms with van der Waals surface area (Å²) in [5.41, 5.74) is 2.60. The Balaban J connectivity index is 0.00000264. The van der Waals surface area contributed by atoms with Crippen molar-refractivity contribution in [1.29, 1.82) is 0 Å². The number of H-pyrrole nitrogens is 1. The topological polar surface area (TPSA) is 52.2 Å². The summed E-state index contributed by atoms with van der Waals surface area (Å²) in [5.74, 6) is 1.48. The summed E-state index contributed by atoms with van der Waals surface area (Å²) in [4.78, 5) is 7.61. The summed E-state index contributed by atoms with van der Waals surface area (Å²) in [7, 11) is 1.82. The predicted octanol–water partition coefficient (Wildman–Crippen LogP) is 3.93. The van der Waals surface area contributed by atoms with Crippen molar-refractivity contribution in [2.75, 3.05) is 13.6 Å². The van der Waals surface area contributed by atoms with Crippen molar-refractivity contribution in [2.24, 2.45) is 10.9 Å². The third-order valence-corrected chi connectivity index (χ3v) is 4.18. The summed E-state index contributed by atoms with van der Waals surface area (Å²) in [6, 6.07) is 8.88. The van der Waals surface area contributed by atoms with Crippen LogP contribution in [0.25, 0.3) is 10.9 Å². The van der Waals surface area contributed by atoms with Gasteiger partial charge in [0, 0.05) is 36.7 Å². The van der Waals surface area contributed by atoms with Crippen molar-refractivity contribution >= 4 is 40.8 Å². The van der Waals surface area contributed by atoms with E-state index in [9.17, 15) is 0 Å². The molecule has 0 aliphatic carbocycles. The monoisotopic (exact) mass is 428 g/mol. The number of aromatic nitrogens is 1. The zero-order chi connectivity index (χ0) is 15.9. The van der Waals surface area contributed by atoms with Crippen molar-refractivity contribution < 1.29 is 0 Å². The normalized spacial score (nSPS) is 13.0. The van der Waals surface area contributed by atoms with Gasteiger partial charge in [0.05, 0.1) is 0 Å². The highest BCUT2D eigenvalue weighted by Gasteiger charge is 2.08. The Bertz CT molecular complexity index is 618. The highest BCUT2D eigenvalue weighted by atomic mass is 127. The summed E-state index contributed by atoms with van der Waals surface area (Å²) in [6.07, 6.45) is 4.27. The smallest absolute Gasteiger partial charge is 0.191 e. The van der Waals surface area contributed by atoms with E-state index in [2.05, 4.69) is 71.8 Å². The zero-order valence-electron chi connectivity index (χ0n) is 14.5. The van der Waals surface area contributed by atoms with Crippen LogP contribution in [0.1, 0.15) is 32.8 Å². The lowest BCUT2D eigenvalue weighted by Gasteiger charge is -2.20. The molecule has 5 heteroatoms. The Kier molecular flexibility index (Phi) is 8.44. The van der Waals surface area contributed by atoms with E-state index in [4.69, 9.17) is 0 Å². The van der Waals surface area contributed by atoms with Gasteiger partial charge in [-0.15, -0.1) is 24.0 Å². The van der Waals surface area contributed by atoms with Crippen LogP contribution in [0.15, 0.2) is 35.5 Å². The number of nitrogens with zero attached hydrogens (tertiary/aromatic N) is 1. The number of nitrogens with one attached hydrogen (secondary N) is 3. The first-order valence-corrected chi connectivity index (χ1v) is 8.14. The van der Waals surface area contributed by atoms with Gasteiger partial charge in [0.25, 0.3) is 0 Å². The van der Waals surface area contributed by atoms with Crippen molar-refractivity contribution in [2.45, 2.75) is 39.7 Å². The number of benzene rings is 1. The molecule has 2 aromatic rings. The second-order valence-electron chi connectivity index (χ2n) is 6.14. The molecular formula is C18H29IN4. The Morgan fingerprint density at radius 3 is 2.65 bits per heavy atom. The van der Waals surface area contributed by atoms with E-state index < -0.39 is 0 Å². The van der Waals surface area contributed by atoms with Crippen LogP contribution in [0.4, 0.5) is 0 Å². The maximum absolute atomic E-state index is 4.28. The van der Waals surface area contributed by atoms with Gasteiger partial charge < -0.3 is 15.6 Å². The largest absolute Gasteiger partial charge is 0.361 e. The number of aromatic amines is 1. The number of halogens is 1. The van der Waals surface area contributed by atoms with Crippen LogP contribution in [0.5, 0.6) is 0 Å². The first kappa shape index (κ1) is 19.8. The van der Waals surface area contributed by atoms with E-state index in [1.165, 1.54) is 16.5 Å². The highest BCUT2D eigenvalue weighted by molar-refractivity contribution is 14.0. The van der Waals surface area contributed by atoms with Gasteiger partial charge in [-0.25, -0.2) is 0 Å². The molecule has 0 spiro atoms. The summed E-state index contributed by atoms with van der Waals surface area (Å²) < 4.78 is 0. The van der Waals surface area contributed by atoms with Crippen molar-refractivity contribution in [3.8, 4) is 0 Å². The van der Waals surface area contributed by atoms with E-state index in [1.54, 1.807) is 0 Å². The predicted molar refractivity (Wildman–Crippen MR) is 111 cm³/mol. The average Bonchev–Trinajstić information content (AvgIpc) is 2.93. The average molecular weight is 428 g/mol. The third-order valence-electron chi connectivity index (χ3n) is 4.18. The van der Waals surface area contributed by atoms with Crippen molar-refractivity contribution in [3.63, 3.8) is 0 Å². The molecule has 1 aromatic carbocycles. The Morgan fingerprint density at radius 1 is 1.22 bits per heavy atom. The maximum Gasteiger partial charge on any atom is 0.191 e. The summed E-state index contributed by atoms with van der Waals surface area (Å²) in [6.45, 7) is 7.53. The molecule has 0 aliphatic heterocycles. The number of fused-ring (bicyclic) bond motifs is 1. The minimum absolute atomic E-state index is 0. The van der Waals surface area contributed by atoms with E-state index in [-0.39, 0.29) is 24.0 Å².